The number of benzene rings is 1. The van der Waals surface area contributed by atoms with Gasteiger partial charge in [0.15, 0.2) is 11.4 Å². The zero-order valence-electron chi connectivity index (χ0n) is 14.6. The van der Waals surface area contributed by atoms with Gasteiger partial charge < -0.3 is 9.26 Å². The van der Waals surface area contributed by atoms with Crippen LogP contribution in [0.5, 0.6) is 5.75 Å². The monoisotopic (exact) mass is 414 g/mol. The van der Waals surface area contributed by atoms with E-state index >= 15 is 0 Å². The highest BCUT2D eigenvalue weighted by Gasteiger charge is 2.75. The molecule has 4 bridgehead atoms. The molecule has 1 aromatic rings. The average Bonchev–Trinajstić information content (AvgIpc) is 2.56. The second-order valence-electron chi connectivity index (χ2n) is 7.88. The van der Waals surface area contributed by atoms with E-state index in [9.17, 15) is 4.57 Å². The maximum Gasteiger partial charge on any atom is 0.524 e. The molecule has 27 heavy (non-hydrogen) atoms. The second-order valence-corrected chi connectivity index (χ2v) is 9.45. The molecule has 0 aromatic heterocycles. The van der Waals surface area contributed by atoms with Crippen LogP contribution < -0.4 is 4.52 Å². The third kappa shape index (κ3) is 2.43. The van der Waals surface area contributed by atoms with E-state index in [-0.39, 0.29) is 22.6 Å². The van der Waals surface area contributed by atoms with E-state index in [0.29, 0.717) is 11.5 Å². The lowest BCUT2D eigenvalue weighted by atomic mass is 9.50. The Labute approximate surface area is 161 Å². The molecule has 5 aliphatic rings. The Morgan fingerprint density at radius 1 is 1.26 bits per heavy atom. The summed E-state index contributed by atoms with van der Waals surface area (Å²) in [6.45, 7) is 0. The van der Waals surface area contributed by atoms with E-state index in [4.69, 9.17) is 40.4 Å². The van der Waals surface area contributed by atoms with Gasteiger partial charge in [-0.1, -0.05) is 29.3 Å². The fourth-order valence-electron chi connectivity index (χ4n) is 5.64. The SMILES string of the molecule is COC1(c2ccc(Cl)c(OP(=O)(O)O)c2)OOC12C1CC3=C[C@H]2C[C@@H](C3)C1. The Bertz CT molecular complexity index is 878. The van der Waals surface area contributed by atoms with Gasteiger partial charge in [-0.15, -0.1) is 0 Å². The standard InChI is InChI=1S/C18H20ClO7P/c1-23-18(12-2-3-15(19)16(9-12)24-27(20,21)22)17(25-26-18)13-5-10-4-11(7-13)8-14(17)6-10/h2-3,5,9,11,13-14H,4,6-8H2,1H3,(H2,20,21,22)/t11-,13+,14?,17?,18?/m1/s1. The van der Waals surface area contributed by atoms with Gasteiger partial charge in [-0.05, 0) is 43.7 Å². The fraction of sp³-hybridized carbons (Fsp3) is 0.556. The van der Waals surface area contributed by atoms with Crippen molar-refractivity contribution in [3.05, 3.63) is 40.4 Å². The van der Waals surface area contributed by atoms with Crippen molar-refractivity contribution in [1.82, 2.24) is 0 Å². The average molecular weight is 415 g/mol. The van der Waals surface area contributed by atoms with Crippen molar-refractivity contribution in [2.45, 2.75) is 37.1 Å². The lowest BCUT2D eigenvalue weighted by Gasteiger charge is -2.66. The molecule has 1 aromatic carbocycles. The Balaban J connectivity index is 1.60. The predicted molar refractivity (Wildman–Crippen MR) is 94.7 cm³/mol. The smallest absolute Gasteiger partial charge is 0.403 e. The molecule has 3 fully saturated rings. The zero-order chi connectivity index (χ0) is 19.0. The van der Waals surface area contributed by atoms with Gasteiger partial charge >= 0.3 is 7.82 Å². The van der Waals surface area contributed by atoms with Gasteiger partial charge in [0.05, 0.1) is 5.02 Å². The summed E-state index contributed by atoms with van der Waals surface area (Å²) in [7, 11) is -3.20. The van der Waals surface area contributed by atoms with Crippen molar-refractivity contribution in [1.29, 1.82) is 0 Å². The largest absolute Gasteiger partial charge is 0.524 e. The molecule has 1 saturated heterocycles. The highest BCUT2D eigenvalue weighted by Crippen LogP contribution is 2.67. The molecule has 5 atom stereocenters. The minimum Gasteiger partial charge on any atom is -0.403 e. The molecule has 6 rings (SSSR count). The zero-order valence-corrected chi connectivity index (χ0v) is 16.3. The number of halogens is 1. The van der Waals surface area contributed by atoms with Crippen LogP contribution in [0.15, 0.2) is 29.8 Å². The van der Waals surface area contributed by atoms with Crippen LogP contribution in [0.3, 0.4) is 0 Å². The third-order valence-electron chi connectivity index (χ3n) is 6.49. The van der Waals surface area contributed by atoms with Gasteiger partial charge in [-0.3, -0.25) is 9.79 Å². The lowest BCUT2D eigenvalue weighted by Crippen LogP contribution is -2.75. The van der Waals surface area contributed by atoms with Crippen LogP contribution in [0.1, 0.15) is 31.2 Å². The molecule has 1 heterocycles. The van der Waals surface area contributed by atoms with Gasteiger partial charge in [-0.25, -0.2) is 9.45 Å². The molecule has 3 unspecified atom stereocenters. The summed E-state index contributed by atoms with van der Waals surface area (Å²) in [6, 6.07) is 4.71. The maximum absolute atomic E-state index is 11.3. The summed E-state index contributed by atoms with van der Waals surface area (Å²) < 4.78 is 21.9. The van der Waals surface area contributed by atoms with Crippen LogP contribution in [-0.4, -0.2) is 22.5 Å². The van der Waals surface area contributed by atoms with Crippen LogP contribution in [0, 0.1) is 17.8 Å². The van der Waals surface area contributed by atoms with Crippen LogP contribution in [0.2, 0.25) is 5.02 Å². The van der Waals surface area contributed by atoms with Crippen molar-refractivity contribution >= 4 is 19.4 Å². The Kier molecular flexibility index (Phi) is 3.89. The van der Waals surface area contributed by atoms with Crippen LogP contribution in [0.4, 0.5) is 0 Å². The van der Waals surface area contributed by atoms with Crippen molar-refractivity contribution in [2.75, 3.05) is 7.11 Å². The van der Waals surface area contributed by atoms with Gasteiger partial charge in [0.25, 0.3) is 5.79 Å². The summed E-state index contributed by atoms with van der Waals surface area (Å²) >= 11 is 6.06. The van der Waals surface area contributed by atoms with Gasteiger partial charge in [-0.2, -0.15) is 4.89 Å². The first-order valence-corrected chi connectivity index (χ1v) is 10.8. The fourth-order valence-corrected chi connectivity index (χ4v) is 6.26. The summed E-state index contributed by atoms with van der Waals surface area (Å²) in [4.78, 5) is 29.8. The third-order valence-corrected chi connectivity index (χ3v) is 7.23. The molecule has 4 aliphatic carbocycles. The molecule has 7 nitrogen and oxygen atoms in total. The number of allylic oxidation sites excluding steroid dienone is 1. The molecule has 1 aliphatic heterocycles. The van der Waals surface area contributed by atoms with E-state index in [1.54, 1.807) is 13.2 Å². The van der Waals surface area contributed by atoms with Crippen LogP contribution >= 0.6 is 19.4 Å². The summed E-state index contributed by atoms with van der Waals surface area (Å²) in [5.74, 6) is -0.173. The quantitative estimate of drug-likeness (QED) is 0.441. The molecular weight excluding hydrogens is 395 g/mol. The van der Waals surface area contributed by atoms with Crippen LogP contribution in [0.25, 0.3) is 0 Å². The topological polar surface area (TPSA) is 94.5 Å². The number of ether oxygens (including phenoxy) is 1. The van der Waals surface area contributed by atoms with Crippen LogP contribution in [-0.2, 0) is 24.9 Å². The van der Waals surface area contributed by atoms with Crippen molar-refractivity contribution in [3.8, 4) is 5.75 Å². The molecule has 2 saturated carbocycles. The maximum atomic E-state index is 11.3. The molecule has 9 heteroatoms. The van der Waals surface area contributed by atoms with Crippen molar-refractivity contribution in [3.63, 3.8) is 0 Å². The Morgan fingerprint density at radius 3 is 2.67 bits per heavy atom. The lowest BCUT2D eigenvalue weighted by molar-refractivity contribution is -0.639. The summed E-state index contributed by atoms with van der Waals surface area (Å²) in [5.41, 5.74) is 1.39. The number of hydrogen-bond acceptors (Lipinski definition) is 5. The van der Waals surface area contributed by atoms with Crippen molar-refractivity contribution < 1.29 is 33.4 Å². The Morgan fingerprint density at radius 2 is 2.07 bits per heavy atom. The molecule has 146 valence electrons. The number of phosphoric acid groups is 1. The second kappa shape index (κ2) is 5.80. The molecule has 0 radical (unpaired) electrons. The molecular formula is C18H20ClO7P. The van der Waals surface area contributed by atoms with Gasteiger partial charge in [0.2, 0.25) is 0 Å². The predicted octanol–water partition coefficient (Wildman–Crippen LogP) is 3.69. The Hall–Kier alpha value is -0.920. The first-order chi connectivity index (χ1) is 12.8. The van der Waals surface area contributed by atoms with E-state index in [0.717, 1.165) is 19.3 Å². The minimum absolute atomic E-state index is 0.0924. The number of methoxy groups -OCH3 is 1. The number of hydrogen-bond donors (Lipinski definition) is 2. The van der Waals surface area contributed by atoms with E-state index in [1.807, 2.05) is 0 Å². The molecule has 1 spiro atoms. The van der Waals surface area contributed by atoms with Gasteiger partial charge in [0.1, 0.15) is 0 Å². The molecule has 2 N–H and O–H groups in total. The molecule has 0 amide bonds. The van der Waals surface area contributed by atoms with E-state index in [1.165, 1.54) is 24.1 Å². The van der Waals surface area contributed by atoms with E-state index < -0.39 is 19.2 Å². The summed E-state index contributed by atoms with van der Waals surface area (Å²) in [5, 5.41) is 0.0924. The highest BCUT2D eigenvalue weighted by atomic mass is 35.5. The first-order valence-electron chi connectivity index (χ1n) is 8.94. The van der Waals surface area contributed by atoms with E-state index in [2.05, 4.69) is 6.08 Å². The minimum atomic E-state index is -4.75. The normalized spacial score (nSPS) is 39.4. The van der Waals surface area contributed by atoms with Gasteiger partial charge in [0, 0.05) is 24.5 Å². The summed E-state index contributed by atoms with van der Waals surface area (Å²) in [6.07, 6.45) is 6.51. The van der Waals surface area contributed by atoms with Crippen molar-refractivity contribution in [2.24, 2.45) is 17.8 Å². The highest BCUT2D eigenvalue weighted by molar-refractivity contribution is 7.46. The first kappa shape index (κ1) is 18.1. The number of phosphoric ester groups is 1. The number of rotatable bonds is 4.